The topological polar surface area (TPSA) is 175 Å². The molecule has 3 heterocycles. The van der Waals surface area contributed by atoms with E-state index < -0.39 is 35.2 Å². The molecule has 0 unspecified atom stereocenters. The second-order valence-corrected chi connectivity index (χ2v) is 11.5. The average Bonchev–Trinajstić information content (AvgIpc) is 3.48. The molecular weight excluding hydrogens is 609 g/mol. The molecule has 1 aliphatic rings. The number of carbonyl (C=O) groups excluding carboxylic acids is 2. The van der Waals surface area contributed by atoms with Gasteiger partial charge in [0.1, 0.15) is 35.8 Å². The number of carbonyl (C=O) groups is 2. The first-order valence-electron chi connectivity index (χ1n) is 14.4. The summed E-state index contributed by atoms with van der Waals surface area (Å²) < 4.78 is 52.7. The standard InChI is InChI=1S/C29H35F3N10O4/c1-29(2,3)46-28(44)38-19(10-18-11-24(31)25(32)13-23(18)30)12-27(43)41-8-6-21(7-9-41)42-37-14-20(39-42)16-45-22-4-5-26(34-15-22)35-17-36-40-33/h4-5,11,13-15,17,19,21H,6-10,12,16H2,1-3H3,(H,38,44)(H2,33,34,35,36)/t19-/m0/s1. The lowest BCUT2D eigenvalue weighted by atomic mass is 10.0. The highest BCUT2D eigenvalue weighted by molar-refractivity contribution is 5.78. The number of hydrogen-bond donors (Lipinski definition) is 2. The Hall–Kier alpha value is -5.09. The van der Waals surface area contributed by atoms with Gasteiger partial charge in [0.05, 0.1) is 18.4 Å². The van der Waals surface area contributed by atoms with Gasteiger partial charge in [0.2, 0.25) is 5.91 Å². The first-order valence-corrected chi connectivity index (χ1v) is 14.4. The quantitative estimate of drug-likeness (QED) is 0.0774. The van der Waals surface area contributed by atoms with E-state index in [0.717, 1.165) is 6.07 Å². The number of aliphatic imine (C=N–C) groups is 1. The minimum Gasteiger partial charge on any atom is -0.486 e. The van der Waals surface area contributed by atoms with Crippen molar-refractivity contribution in [2.75, 3.05) is 13.1 Å². The second-order valence-electron chi connectivity index (χ2n) is 11.5. The van der Waals surface area contributed by atoms with Crippen molar-refractivity contribution in [3.8, 4) is 5.75 Å². The Balaban J connectivity index is 1.31. The van der Waals surface area contributed by atoms with E-state index >= 15 is 0 Å². The number of aromatic nitrogens is 4. The van der Waals surface area contributed by atoms with E-state index in [2.05, 4.69) is 35.8 Å². The molecule has 1 atom stereocenters. The summed E-state index contributed by atoms with van der Waals surface area (Å²) in [6, 6.07) is 3.50. The lowest BCUT2D eigenvalue weighted by Crippen LogP contribution is -2.45. The number of ether oxygens (including phenoxy) is 2. The normalized spacial score (nSPS) is 15.0. The summed E-state index contributed by atoms with van der Waals surface area (Å²) in [5.74, 6) is 1.99. The summed E-state index contributed by atoms with van der Waals surface area (Å²) in [7, 11) is 0. The van der Waals surface area contributed by atoms with Gasteiger partial charge in [-0.3, -0.25) is 4.79 Å². The van der Waals surface area contributed by atoms with Gasteiger partial charge < -0.3 is 25.5 Å². The highest BCUT2D eigenvalue weighted by Gasteiger charge is 2.29. The van der Waals surface area contributed by atoms with Gasteiger partial charge in [0.25, 0.3) is 0 Å². The smallest absolute Gasteiger partial charge is 0.407 e. The van der Waals surface area contributed by atoms with Crippen LogP contribution < -0.4 is 15.9 Å². The second kappa shape index (κ2) is 15.3. The number of benzene rings is 1. The zero-order chi connectivity index (χ0) is 33.3. The van der Waals surface area contributed by atoms with Gasteiger partial charge in [-0.2, -0.15) is 15.0 Å². The van der Waals surface area contributed by atoms with E-state index in [1.807, 2.05) is 0 Å². The number of hydrogen-bond acceptors (Lipinski definition) is 9. The Morgan fingerprint density at radius 2 is 1.87 bits per heavy atom. The third-order valence-corrected chi connectivity index (χ3v) is 6.81. The van der Waals surface area contributed by atoms with Crippen LogP contribution in [0.15, 0.2) is 52.0 Å². The zero-order valence-corrected chi connectivity index (χ0v) is 25.6. The molecule has 2 amide bonds. The molecule has 0 saturated carbocycles. The number of piperidine rings is 1. The Labute approximate surface area is 262 Å². The van der Waals surface area contributed by atoms with Gasteiger partial charge >= 0.3 is 6.09 Å². The summed E-state index contributed by atoms with van der Waals surface area (Å²) >= 11 is 0. The van der Waals surface area contributed by atoms with Gasteiger partial charge in [-0.05, 0) is 63.8 Å². The minimum atomic E-state index is -1.33. The summed E-state index contributed by atoms with van der Waals surface area (Å²) in [6.07, 6.45) is 4.15. The van der Waals surface area contributed by atoms with Crippen LogP contribution in [0.5, 0.6) is 5.75 Å². The third kappa shape index (κ3) is 9.97. The molecule has 0 bridgehead atoms. The van der Waals surface area contributed by atoms with Crippen LogP contribution >= 0.6 is 0 Å². The molecule has 1 fully saturated rings. The van der Waals surface area contributed by atoms with E-state index in [4.69, 9.17) is 15.3 Å². The molecule has 3 N–H and O–H groups in total. The van der Waals surface area contributed by atoms with Gasteiger partial charge in [0.15, 0.2) is 17.5 Å². The maximum Gasteiger partial charge on any atom is 0.407 e. The van der Waals surface area contributed by atoms with Crippen LogP contribution in [-0.4, -0.2) is 67.9 Å². The summed E-state index contributed by atoms with van der Waals surface area (Å²) in [5, 5.41) is 17.9. The fourth-order valence-corrected chi connectivity index (χ4v) is 4.68. The van der Waals surface area contributed by atoms with E-state index in [9.17, 15) is 22.8 Å². The number of pyridine rings is 1. The maximum atomic E-state index is 14.4. The number of likely N-dealkylation sites (tertiary alicyclic amines) is 1. The van der Waals surface area contributed by atoms with Crippen molar-refractivity contribution in [1.29, 1.82) is 0 Å². The van der Waals surface area contributed by atoms with Crippen molar-refractivity contribution in [1.82, 2.24) is 30.2 Å². The largest absolute Gasteiger partial charge is 0.486 e. The number of nitrogens with one attached hydrogen (secondary N) is 1. The molecule has 14 nitrogen and oxygen atoms in total. The average molecular weight is 645 g/mol. The number of rotatable bonds is 11. The summed E-state index contributed by atoms with van der Waals surface area (Å²) in [6.45, 7) is 5.95. The Morgan fingerprint density at radius 3 is 2.54 bits per heavy atom. The fourth-order valence-electron chi connectivity index (χ4n) is 4.68. The van der Waals surface area contributed by atoms with E-state index in [1.54, 1.807) is 48.8 Å². The summed E-state index contributed by atoms with van der Waals surface area (Å²) in [4.78, 5) is 37.0. The van der Waals surface area contributed by atoms with Crippen LogP contribution in [0, 0.1) is 17.5 Å². The number of nitrogens with two attached hydrogens (primary N) is 1. The van der Waals surface area contributed by atoms with E-state index in [1.165, 1.54) is 12.5 Å². The highest BCUT2D eigenvalue weighted by atomic mass is 19.2. The molecule has 1 saturated heterocycles. The van der Waals surface area contributed by atoms with Crippen LogP contribution in [0.4, 0.5) is 23.8 Å². The van der Waals surface area contributed by atoms with Crippen LogP contribution in [0.1, 0.15) is 57.3 Å². The molecule has 0 aliphatic carbocycles. The van der Waals surface area contributed by atoms with Crippen LogP contribution in [0.25, 0.3) is 0 Å². The summed E-state index contributed by atoms with van der Waals surface area (Å²) in [5.41, 5.74) is -0.397. The van der Waals surface area contributed by atoms with Crippen molar-refractivity contribution in [3.63, 3.8) is 0 Å². The zero-order valence-electron chi connectivity index (χ0n) is 25.6. The van der Waals surface area contributed by atoms with Crippen molar-refractivity contribution in [2.45, 2.75) is 70.7 Å². The molecule has 0 spiro atoms. The molecule has 46 heavy (non-hydrogen) atoms. The Kier molecular flexibility index (Phi) is 11.2. The van der Waals surface area contributed by atoms with Crippen LogP contribution in [0.3, 0.4) is 0 Å². The number of alkyl carbamates (subject to hydrolysis) is 1. The monoisotopic (exact) mass is 644 g/mol. The molecular formula is C29H35F3N10O4. The Morgan fingerprint density at radius 1 is 1.13 bits per heavy atom. The van der Waals surface area contributed by atoms with Crippen molar-refractivity contribution >= 4 is 24.2 Å². The predicted octanol–water partition coefficient (Wildman–Crippen LogP) is 4.34. The highest BCUT2D eigenvalue weighted by Crippen LogP contribution is 2.23. The number of amides is 2. The number of nitrogens with zero attached hydrogens (tertiary/aromatic N) is 8. The maximum absolute atomic E-state index is 14.4. The van der Waals surface area contributed by atoms with Crippen LogP contribution in [-0.2, 0) is 22.6 Å². The van der Waals surface area contributed by atoms with E-state index in [-0.39, 0.29) is 37.0 Å². The van der Waals surface area contributed by atoms with Gasteiger partial charge in [-0.1, -0.05) is 5.22 Å². The molecule has 4 rings (SSSR count). The van der Waals surface area contributed by atoms with Gasteiger partial charge in [0, 0.05) is 31.6 Å². The lowest BCUT2D eigenvalue weighted by Gasteiger charge is -2.32. The molecule has 0 radical (unpaired) electrons. The SMILES string of the molecule is CC(C)(C)OC(=O)N[C@H](CC(=O)N1CCC(n2ncc(COc3ccc(N=CN=NN)nc3)n2)CC1)Cc1cc(F)c(F)cc1F. The first-order chi connectivity index (χ1) is 21.9. The van der Waals surface area contributed by atoms with Crippen molar-refractivity contribution in [2.24, 2.45) is 21.2 Å². The first kappa shape index (κ1) is 33.8. The molecule has 17 heteroatoms. The van der Waals surface area contributed by atoms with Gasteiger partial charge in [-0.25, -0.2) is 27.9 Å². The molecule has 246 valence electrons. The molecule has 1 aromatic carbocycles. The predicted molar refractivity (Wildman–Crippen MR) is 158 cm³/mol. The molecule has 3 aromatic rings. The molecule has 1 aliphatic heterocycles. The number of halogens is 3. The van der Waals surface area contributed by atoms with Gasteiger partial charge in [-0.15, -0.1) is 5.11 Å². The van der Waals surface area contributed by atoms with Crippen molar-refractivity contribution < 1.29 is 32.2 Å². The Bertz CT molecular complexity index is 1550. The van der Waals surface area contributed by atoms with E-state index in [0.29, 0.717) is 49.3 Å². The molecule has 2 aromatic heterocycles. The fraction of sp³-hybridized carbons (Fsp3) is 0.448. The third-order valence-electron chi connectivity index (χ3n) is 6.81. The minimum absolute atomic E-state index is 0.0609. The lowest BCUT2D eigenvalue weighted by molar-refractivity contribution is -0.133. The van der Waals surface area contributed by atoms with Crippen LogP contribution in [0.2, 0.25) is 0 Å². The van der Waals surface area contributed by atoms with Crippen molar-refractivity contribution in [3.05, 3.63) is 65.4 Å².